The Labute approximate surface area is 117 Å². The van der Waals surface area contributed by atoms with Gasteiger partial charge in [-0.3, -0.25) is 4.79 Å². The maximum absolute atomic E-state index is 14.4. The fraction of sp³-hybridized carbons (Fsp3) is 0.500. The molecule has 1 saturated heterocycles. The van der Waals surface area contributed by atoms with Gasteiger partial charge in [-0.05, 0) is 26.0 Å². The molecule has 0 radical (unpaired) electrons. The molecular weight excluding hydrogens is 263 g/mol. The molecule has 1 aliphatic rings. The molecule has 0 spiro atoms. The summed E-state index contributed by atoms with van der Waals surface area (Å²) in [7, 11) is 0. The third-order valence-electron chi connectivity index (χ3n) is 3.01. The van der Waals surface area contributed by atoms with E-state index < -0.39 is 5.82 Å². The Morgan fingerprint density at radius 3 is 2.65 bits per heavy atom. The molecule has 0 atom stereocenters. The Hall–Kier alpha value is -1.82. The number of morpholine rings is 1. The summed E-state index contributed by atoms with van der Waals surface area (Å²) in [5.41, 5.74) is 5.88. The smallest absolute Gasteiger partial charge is 0.257 e. The number of carbonyl (C=O) groups is 1. The van der Waals surface area contributed by atoms with Crippen LogP contribution >= 0.6 is 0 Å². The number of nitrogens with zero attached hydrogens (tertiary/aromatic N) is 1. The number of carbonyl (C=O) groups excluding carboxylic acids is 1. The van der Waals surface area contributed by atoms with Crippen LogP contribution in [0.5, 0.6) is 5.75 Å². The minimum atomic E-state index is -0.699. The van der Waals surface area contributed by atoms with E-state index in [-0.39, 0.29) is 29.0 Å². The molecule has 0 aromatic heterocycles. The van der Waals surface area contributed by atoms with E-state index in [0.717, 1.165) is 0 Å². The van der Waals surface area contributed by atoms with E-state index in [1.54, 1.807) is 18.7 Å². The second-order valence-electron chi connectivity index (χ2n) is 4.92. The fourth-order valence-electron chi connectivity index (χ4n) is 2.03. The summed E-state index contributed by atoms with van der Waals surface area (Å²) < 4.78 is 25.0. The van der Waals surface area contributed by atoms with E-state index in [1.165, 1.54) is 12.1 Å². The molecule has 1 aliphatic heterocycles. The lowest BCUT2D eigenvalue weighted by atomic mass is 10.1. The Kier molecular flexibility index (Phi) is 4.44. The van der Waals surface area contributed by atoms with Crippen molar-refractivity contribution in [3.63, 3.8) is 0 Å². The predicted octanol–water partition coefficient (Wildman–Crippen LogP) is 1.67. The van der Waals surface area contributed by atoms with Crippen molar-refractivity contribution >= 4 is 11.6 Å². The molecule has 2 rings (SSSR count). The van der Waals surface area contributed by atoms with Crippen LogP contribution in [0.15, 0.2) is 12.1 Å². The number of amides is 1. The number of hydrogen-bond donors (Lipinski definition) is 1. The van der Waals surface area contributed by atoms with Crippen LogP contribution in [0.1, 0.15) is 24.2 Å². The molecule has 0 unspecified atom stereocenters. The van der Waals surface area contributed by atoms with Gasteiger partial charge < -0.3 is 20.1 Å². The Morgan fingerprint density at radius 2 is 2.05 bits per heavy atom. The number of anilines is 1. The van der Waals surface area contributed by atoms with Gasteiger partial charge in [-0.25, -0.2) is 4.39 Å². The molecule has 20 heavy (non-hydrogen) atoms. The van der Waals surface area contributed by atoms with Gasteiger partial charge in [-0.2, -0.15) is 0 Å². The third kappa shape index (κ3) is 3.01. The number of hydrogen-bond acceptors (Lipinski definition) is 4. The summed E-state index contributed by atoms with van der Waals surface area (Å²) in [6, 6.07) is 2.89. The zero-order valence-corrected chi connectivity index (χ0v) is 11.7. The van der Waals surface area contributed by atoms with Gasteiger partial charge in [-0.15, -0.1) is 0 Å². The van der Waals surface area contributed by atoms with E-state index in [9.17, 15) is 9.18 Å². The summed E-state index contributed by atoms with van der Waals surface area (Å²) in [6.07, 6.45) is -0.222. The number of nitrogen functional groups attached to an aromatic ring is 1. The number of benzene rings is 1. The van der Waals surface area contributed by atoms with Crippen molar-refractivity contribution in [2.24, 2.45) is 0 Å². The topological polar surface area (TPSA) is 64.8 Å². The minimum Gasteiger partial charge on any atom is -0.486 e. The maximum Gasteiger partial charge on any atom is 0.257 e. The highest BCUT2D eigenvalue weighted by molar-refractivity contribution is 5.95. The largest absolute Gasteiger partial charge is 0.486 e. The Balaban J connectivity index is 2.29. The zero-order chi connectivity index (χ0) is 14.7. The van der Waals surface area contributed by atoms with E-state index in [0.29, 0.717) is 26.3 Å². The molecule has 1 aromatic rings. The van der Waals surface area contributed by atoms with Crippen LogP contribution in [0.4, 0.5) is 10.1 Å². The average Bonchev–Trinajstić information content (AvgIpc) is 2.43. The van der Waals surface area contributed by atoms with Crippen LogP contribution in [-0.4, -0.2) is 43.2 Å². The first-order valence-electron chi connectivity index (χ1n) is 6.62. The van der Waals surface area contributed by atoms with Gasteiger partial charge in [0, 0.05) is 13.1 Å². The van der Waals surface area contributed by atoms with Gasteiger partial charge in [0.15, 0.2) is 11.6 Å². The van der Waals surface area contributed by atoms with Crippen LogP contribution in [-0.2, 0) is 4.74 Å². The highest BCUT2D eigenvalue weighted by atomic mass is 19.1. The van der Waals surface area contributed by atoms with Crippen LogP contribution in [0.2, 0.25) is 0 Å². The van der Waals surface area contributed by atoms with Gasteiger partial charge in [0.05, 0.1) is 30.6 Å². The number of rotatable bonds is 3. The molecule has 6 heteroatoms. The standard InChI is InChI=1S/C14H19FN2O3/c1-9(2)20-13-11(16)4-3-10(12(13)15)14(18)17-5-7-19-8-6-17/h3-4,9H,5-8,16H2,1-2H3. The van der Waals surface area contributed by atoms with Crippen molar-refractivity contribution in [3.8, 4) is 5.75 Å². The molecule has 1 amide bonds. The van der Waals surface area contributed by atoms with Crippen LogP contribution in [0, 0.1) is 5.82 Å². The van der Waals surface area contributed by atoms with E-state index in [1.807, 2.05) is 0 Å². The highest BCUT2D eigenvalue weighted by Crippen LogP contribution is 2.29. The summed E-state index contributed by atoms with van der Waals surface area (Å²) in [5.74, 6) is -1.12. The van der Waals surface area contributed by atoms with E-state index in [2.05, 4.69) is 0 Å². The molecule has 2 N–H and O–H groups in total. The third-order valence-corrected chi connectivity index (χ3v) is 3.01. The molecule has 0 aliphatic carbocycles. The van der Waals surface area contributed by atoms with Crippen molar-refractivity contribution in [1.29, 1.82) is 0 Å². The molecule has 5 nitrogen and oxygen atoms in total. The maximum atomic E-state index is 14.4. The van der Waals surface area contributed by atoms with Crippen LogP contribution in [0.3, 0.4) is 0 Å². The van der Waals surface area contributed by atoms with Crippen molar-refractivity contribution in [1.82, 2.24) is 4.90 Å². The van der Waals surface area contributed by atoms with Gasteiger partial charge in [0.1, 0.15) is 0 Å². The quantitative estimate of drug-likeness (QED) is 0.856. The molecule has 0 bridgehead atoms. The van der Waals surface area contributed by atoms with Crippen molar-refractivity contribution in [3.05, 3.63) is 23.5 Å². The average molecular weight is 282 g/mol. The fourth-order valence-corrected chi connectivity index (χ4v) is 2.03. The Bertz CT molecular complexity index is 499. The Morgan fingerprint density at radius 1 is 1.40 bits per heavy atom. The SMILES string of the molecule is CC(C)Oc1c(N)ccc(C(=O)N2CCOCC2)c1F. The van der Waals surface area contributed by atoms with Crippen LogP contribution < -0.4 is 10.5 Å². The monoisotopic (exact) mass is 282 g/mol. The minimum absolute atomic E-state index is 0.0169. The van der Waals surface area contributed by atoms with Crippen molar-refractivity contribution < 1.29 is 18.7 Å². The first kappa shape index (κ1) is 14.6. The zero-order valence-electron chi connectivity index (χ0n) is 11.7. The van der Waals surface area contributed by atoms with E-state index in [4.69, 9.17) is 15.2 Å². The molecule has 1 aromatic carbocycles. The van der Waals surface area contributed by atoms with Gasteiger partial charge in [-0.1, -0.05) is 0 Å². The van der Waals surface area contributed by atoms with Gasteiger partial charge in [0.25, 0.3) is 5.91 Å². The molecule has 0 saturated carbocycles. The summed E-state index contributed by atoms with van der Waals surface area (Å²) in [4.78, 5) is 13.9. The number of halogens is 1. The number of nitrogens with two attached hydrogens (primary N) is 1. The molecule has 1 heterocycles. The van der Waals surface area contributed by atoms with Crippen molar-refractivity contribution in [2.75, 3.05) is 32.0 Å². The molecule has 1 fully saturated rings. The molecular formula is C14H19FN2O3. The normalized spacial score (nSPS) is 15.5. The first-order chi connectivity index (χ1) is 9.50. The lowest BCUT2D eigenvalue weighted by Crippen LogP contribution is -2.41. The second-order valence-corrected chi connectivity index (χ2v) is 4.92. The van der Waals surface area contributed by atoms with Gasteiger partial charge >= 0.3 is 0 Å². The number of ether oxygens (including phenoxy) is 2. The van der Waals surface area contributed by atoms with Gasteiger partial charge in [0.2, 0.25) is 0 Å². The van der Waals surface area contributed by atoms with Crippen LogP contribution in [0.25, 0.3) is 0 Å². The first-order valence-corrected chi connectivity index (χ1v) is 6.62. The molecule has 110 valence electrons. The second kappa shape index (κ2) is 6.09. The summed E-state index contributed by atoms with van der Waals surface area (Å²) in [6.45, 7) is 5.41. The van der Waals surface area contributed by atoms with Crippen molar-refractivity contribution in [2.45, 2.75) is 20.0 Å². The van der Waals surface area contributed by atoms with E-state index >= 15 is 0 Å². The summed E-state index contributed by atoms with van der Waals surface area (Å²) >= 11 is 0. The predicted molar refractivity (Wildman–Crippen MR) is 73.3 cm³/mol. The highest BCUT2D eigenvalue weighted by Gasteiger charge is 2.24. The summed E-state index contributed by atoms with van der Waals surface area (Å²) in [5, 5.41) is 0. The lowest BCUT2D eigenvalue weighted by Gasteiger charge is -2.27. The lowest BCUT2D eigenvalue weighted by molar-refractivity contribution is 0.0299.